The van der Waals surface area contributed by atoms with Crippen molar-refractivity contribution in [1.82, 2.24) is 16.2 Å². The number of hydrogen-bond donors (Lipinski definition) is 3. The second kappa shape index (κ2) is 8.51. The smallest absolute Gasteiger partial charge is 0.407 e. The third kappa shape index (κ3) is 7.30. The molecule has 0 unspecified atom stereocenters. The van der Waals surface area contributed by atoms with Gasteiger partial charge in [-0.25, -0.2) is 9.59 Å². The Morgan fingerprint density at radius 1 is 1.08 bits per heavy atom. The quantitative estimate of drug-likeness (QED) is 0.385. The highest BCUT2D eigenvalue weighted by molar-refractivity contribution is 6.32. The van der Waals surface area contributed by atoms with E-state index in [1.807, 2.05) is 5.43 Å². The summed E-state index contributed by atoms with van der Waals surface area (Å²) < 4.78 is 9.63. The van der Waals surface area contributed by atoms with Crippen LogP contribution >= 0.6 is 0 Å². The third-order valence-electron chi connectivity index (χ3n) is 3.21. The van der Waals surface area contributed by atoms with Gasteiger partial charge in [-0.3, -0.25) is 20.4 Å². The van der Waals surface area contributed by atoms with Crippen LogP contribution in [0.5, 0.6) is 0 Å². The molecule has 9 nitrogen and oxygen atoms in total. The zero-order valence-corrected chi connectivity index (χ0v) is 14.4. The van der Waals surface area contributed by atoms with Crippen LogP contribution < -0.4 is 16.2 Å². The fourth-order valence-electron chi connectivity index (χ4n) is 2.18. The Hall–Kier alpha value is -2.32. The van der Waals surface area contributed by atoms with E-state index < -0.39 is 29.5 Å². The van der Waals surface area contributed by atoms with E-state index in [1.165, 1.54) is 0 Å². The molecule has 136 valence electrons. The molecule has 0 spiro atoms. The maximum absolute atomic E-state index is 11.7. The molecule has 0 bridgehead atoms. The van der Waals surface area contributed by atoms with Gasteiger partial charge in [-0.1, -0.05) is 0 Å². The Kier molecular flexibility index (Phi) is 6.99. The molecular formula is C15H25N3O6. The molecule has 1 rings (SSSR count). The van der Waals surface area contributed by atoms with Gasteiger partial charge in [-0.05, 0) is 46.5 Å². The lowest BCUT2D eigenvalue weighted by molar-refractivity contribution is -0.155. The minimum absolute atomic E-state index is 0.0215. The van der Waals surface area contributed by atoms with Gasteiger partial charge >= 0.3 is 18.0 Å². The summed E-state index contributed by atoms with van der Waals surface area (Å²) in [5, 5.41) is 2.73. The van der Waals surface area contributed by atoms with Crippen LogP contribution in [0.25, 0.3) is 0 Å². The van der Waals surface area contributed by atoms with Gasteiger partial charge in [0.05, 0.1) is 6.61 Å². The molecule has 0 saturated heterocycles. The number of nitrogens with one attached hydrogen (secondary N) is 3. The summed E-state index contributed by atoms with van der Waals surface area (Å²) >= 11 is 0. The Morgan fingerprint density at radius 3 is 2.25 bits per heavy atom. The topological polar surface area (TPSA) is 123 Å². The first kappa shape index (κ1) is 19.7. The van der Waals surface area contributed by atoms with Crippen molar-refractivity contribution in [2.75, 3.05) is 6.61 Å². The summed E-state index contributed by atoms with van der Waals surface area (Å²) in [6.45, 7) is 7.00. The summed E-state index contributed by atoms with van der Waals surface area (Å²) in [6, 6.07) is -0.0215. The molecule has 0 radical (unpaired) electrons. The van der Waals surface area contributed by atoms with Crippen LogP contribution in [0.2, 0.25) is 0 Å². The van der Waals surface area contributed by atoms with Crippen LogP contribution in [0.4, 0.5) is 4.79 Å². The van der Waals surface area contributed by atoms with E-state index in [4.69, 9.17) is 4.74 Å². The SMILES string of the molecule is CCOC(=O)C(=O)NNC(=O)CC1CC(NC(=O)OC(C)(C)C)C1. The predicted molar refractivity (Wildman–Crippen MR) is 83.4 cm³/mol. The van der Waals surface area contributed by atoms with Crippen molar-refractivity contribution in [3.8, 4) is 0 Å². The van der Waals surface area contributed by atoms with Gasteiger partial charge in [0.1, 0.15) is 5.60 Å². The van der Waals surface area contributed by atoms with Crippen LogP contribution in [0.3, 0.4) is 0 Å². The Bertz CT molecular complexity index is 494. The molecule has 1 aliphatic carbocycles. The van der Waals surface area contributed by atoms with E-state index in [1.54, 1.807) is 27.7 Å². The van der Waals surface area contributed by atoms with Gasteiger partial charge < -0.3 is 14.8 Å². The number of esters is 1. The first-order valence-electron chi connectivity index (χ1n) is 7.86. The number of carbonyl (C=O) groups excluding carboxylic acids is 4. The Balaban J connectivity index is 2.17. The number of amides is 3. The lowest BCUT2D eigenvalue weighted by Crippen LogP contribution is -2.49. The van der Waals surface area contributed by atoms with Crippen LogP contribution in [-0.4, -0.2) is 42.1 Å². The highest BCUT2D eigenvalue weighted by Crippen LogP contribution is 2.30. The van der Waals surface area contributed by atoms with Gasteiger partial charge in [0.2, 0.25) is 5.91 Å². The molecule has 0 aromatic carbocycles. The maximum atomic E-state index is 11.7. The summed E-state index contributed by atoms with van der Waals surface area (Å²) in [6.07, 6.45) is 1.02. The van der Waals surface area contributed by atoms with Crippen molar-refractivity contribution in [3.05, 3.63) is 0 Å². The molecule has 0 heterocycles. The van der Waals surface area contributed by atoms with E-state index in [2.05, 4.69) is 15.5 Å². The molecule has 0 aromatic rings. The van der Waals surface area contributed by atoms with Crippen molar-refractivity contribution in [2.45, 2.75) is 58.6 Å². The molecule has 9 heteroatoms. The molecule has 24 heavy (non-hydrogen) atoms. The number of carbonyl (C=O) groups is 4. The van der Waals surface area contributed by atoms with Crippen LogP contribution in [0, 0.1) is 5.92 Å². The summed E-state index contributed by atoms with van der Waals surface area (Å²) in [7, 11) is 0. The fraction of sp³-hybridized carbons (Fsp3) is 0.733. The minimum atomic E-state index is -1.05. The highest BCUT2D eigenvalue weighted by atomic mass is 16.6. The fourth-order valence-corrected chi connectivity index (χ4v) is 2.18. The van der Waals surface area contributed by atoms with Crippen molar-refractivity contribution in [2.24, 2.45) is 5.92 Å². The number of rotatable bonds is 4. The van der Waals surface area contributed by atoms with Crippen molar-refractivity contribution >= 4 is 23.9 Å². The van der Waals surface area contributed by atoms with Crippen LogP contribution in [0.15, 0.2) is 0 Å². The van der Waals surface area contributed by atoms with Gasteiger partial charge in [-0.15, -0.1) is 0 Å². The second-order valence-corrected chi connectivity index (χ2v) is 6.61. The van der Waals surface area contributed by atoms with Gasteiger partial charge in [-0.2, -0.15) is 0 Å². The number of hydrazine groups is 1. The van der Waals surface area contributed by atoms with Crippen molar-refractivity contribution in [1.29, 1.82) is 0 Å². The lowest BCUT2D eigenvalue weighted by Gasteiger charge is -2.35. The molecule has 1 saturated carbocycles. The van der Waals surface area contributed by atoms with E-state index in [9.17, 15) is 19.2 Å². The van der Waals surface area contributed by atoms with Gasteiger partial charge in [0, 0.05) is 12.5 Å². The van der Waals surface area contributed by atoms with E-state index in [0.717, 1.165) is 0 Å². The Morgan fingerprint density at radius 2 is 1.71 bits per heavy atom. The standard InChI is InChI=1S/C15H25N3O6/c1-5-23-13(21)12(20)18-17-11(19)8-9-6-10(7-9)16-14(22)24-15(2,3)4/h9-10H,5-8H2,1-4H3,(H,16,22)(H,17,19)(H,18,20). The van der Waals surface area contributed by atoms with Crippen LogP contribution in [-0.2, 0) is 23.9 Å². The molecule has 3 N–H and O–H groups in total. The van der Waals surface area contributed by atoms with Crippen LogP contribution in [0.1, 0.15) is 47.0 Å². The second-order valence-electron chi connectivity index (χ2n) is 6.61. The zero-order valence-electron chi connectivity index (χ0n) is 14.4. The average molecular weight is 343 g/mol. The predicted octanol–water partition coefficient (Wildman–Crippen LogP) is 0.390. The van der Waals surface area contributed by atoms with Gasteiger partial charge in [0.25, 0.3) is 0 Å². The largest absolute Gasteiger partial charge is 0.459 e. The van der Waals surface area contributed by atoms with E-state index >= 15 is 0 Å². The molecular weight excluding hydrogens is 318 g/mol. The lowest BCUT2D eigenvalue weighted by atomic mass is 9.78. The van der Waals surface area contributed by atoms with E-state index in [0.29, 0.717) is 12.8 Å². The monoisotopic (exact) mass is 343 g/mol. The average Bonchev–Trinajstić information content (AvgIpc) is 2.40. The number of hydrogen-bond acceptors (Lipinski definition) is 6. The zero-order chi connectivity index (χ0) is 18.3. The molecule has 3 amide bonds. The molecule has 0 aromatic heterocycles. The van der Waals surface area contributed by atoms with Gasteiger partial charge in [0.15, 0.2) is 0 Å². The summed E-state index contributed by atoms with van der Waals surface area (Å²) in [5.41, 5.74) is 3.59. The van der Waals surface area contributed by atoms with Crippen molar-refractivity contribution in [3.63, 3.8) is 0 Å². The third-order valence-corrected chi connectivity index (χ3v) is 3.21. The maximum Gasteiger partial charge on any atom is 0.407 e. The molecule has 1 aliphatic rings. The minimum Gasteiger partial charge on any atom is -0.459 e. The number of alkyl carbamates (subject to hydrolysis) is 1. The highest BCUT2D eigenvalue weighted by Gasteiger charge is 2.33. The normalized spacial score (nSPS) is 19.5. The number of ether oxygens (including phenoxy) is 2. The molecule has 1 fully saturated rings. The summed E-state index contributed by atoms with van der Waals surface area (Å²) in [4.78, 5) is 45.5. The Labute approximate surface area is 140 Å². The first-order valence-corrected chi connectivity index (χ1v) is 7.86. The molecule has 0 aliphatic heterocycles. The molecule has 0 atom stereocenters. The summed E-state index contributed by atoms with van der Waals surface area (Å²) in [5.74, 6) is -2.39. The van der Waals surface area contributed by atoms with Crippen molar-refractivity contribution < 1.29 is 28.7 Å². The first-order chi connectivity index (χ1) is 11.1. The van der Waals surface area contributed by atoms with E-state index in [-0.39, 0.29) is 25.0 Å².